The van der Waals surface area contributed by atoms with Crippen molar-refractivity contribution < 1.29 is 4.79 Å². The lowest BCUT2D eigenvalue weighted by atomic mass is 10.1. The molecule has 5 nitrogen and oxygen atoms in total. The molecule has 0 aliphatic rings. The van der Waals surface area contributed by atoms with Gasteiger partial charge in [-0.15, -0.1) is 0 Å². The predicted octanol–water partition coefficient (Wildman–Crippen LogP) is 4.70. The minimum atomic E-state index is -0.199. The van der Waals surface area contributed by atoms with Gasteiger partial charge in [0.05, 0.1) is 5.69 Å². The summed E-state index contributed by atoms with van der Waals surface area (Å²) in [5.41, 5.74) is 3.40. The van der Waals surface area contributed by atoms with Crippen LogP contribution in [0.3, 0.4) is 0 Å². The number of carbonyl (C=O) groups is 1. The van der Waals surface area contributed by atoms with Crippen molar-refractivity contribution in [2.24, 2.45) is 0 Å². The van der Waals surface area contributed by atoms with Gasteiger partial charge in [0, 0.05) is 40.9 Å². The molecule has 1 amide bonds. The van der Waals surface area contributed by atoms with E-state index in [1.807, 2.05) is 59.3 Å². The van der Waals surface area contributed by atoms with Crippen molar-refractivity contribution in [1.29, 1.82) is 0 Å². The highest BCUT2D eigenvalue weighted by Gasteiger charge is 2.05. The minimum absolute atomic E-state index is 0.199. The van der Waals surface area contributed by atoms with Crippen molar-refractivity contribution >= 4 is 35.0 Å². The Bertz CT molecular complexity index is 1080. The second-order valence-corrected chi connectivity index (χ2v) is 6.34. The van der Waals surface area contributed by atoms with Crippen molar-refractivity contribution in [3.8, 4) is 11.3 Å². The molecule has 0 saturated carbocycles. The number of fused-ring (bicyclic) bond motifs is 1. The monoisotopic (exact) mass is 374 g/mol. The van der Waals surface area contributed by atoms with E-state index in [4.69, 9.17) is 11.6 Å². The maximum Gasteiger partial charge on any atom is 0.248 e. The molecule has 0 radical (unpaired) electrons. The van der Waals surface area contributed by atoms with Crippen molar-refractivity contribution in [2.45, 2.75) is 0 Å². The van der Waals surface area contributed by atoms with Gasteiger partial charge in [-0.3, -0.25) is 9.20 Å². The third-order valence-corrected chi connectivity index (χ3v) is 4.23. The molecule has 4 aromatic rings. The molecule has 2 aromatic carbocycles. The highest BCUT2D eigenvalue weighted by atomic mass is 35.5. The van der Waals surface area contributed by atoms with Crippen molar-refractivity contribution in [2.75, 3.05) is 5.32 Å². The second kappa shape index (κ2) is 7.43. The van der Waals surface area contributed by atoms with Gasteiger partial charge in [0.2, 0.25) is 11.7 Å². The van der Waals surface area contributed by atoms with E-state index in [-0.39, 0.29) is 5.91 Å². The molecular formula is C21H15ClN4O. The van der Waals surface area contributed by atoms with E-state index >= 15 is 0 Å². The summed E-state index contributed by atoms with van der Waals surface area (Å²) in [6.07, 6.45) is 8.77. The van der Waals surface area contributed by atoms with Crippen LogP contribution >= 0.6 is 11.6 Å². The first-order valence-electron chi connectivity index (χ1n) is 8.32. The Kier molecular flexibility index (Phi) is 4.68. The summed E-state index contributed by atoms with van der Waals surface area (Å²) in [5.74, 6) is 0.451. The largest absolute Gasteiger partial charge is 0.323 e. The zero-order chi connectivity index (χ0) is 18.6. The molecule has 0 atom stereocenters. The summed E-state index contributed by atoms with van der Waals surface area (Å²) in [7, 11) is 0. The lowest BCUT2D eigenvalue weighted by molar-refractivity contribution is -0.111. The number of nitrogens with one attached hydrogen (secondary N) is 1. The van der Waals surface area contributed by atoms with Gasteiger partial charge in [-0.05, 0) is 42.0 Å². The first kappa shape index (κ1) is 17.0. The first-order valence-corrected chi connectivity index (χ1v) is 8.70. The Morgan fingerprint density at radius 2 is 1.85 bits per heavy atom. The molecule has 4 rings (SSSR count). The Morgan fingerprint density at radius 1 is 1.07 bits per heavy atom. The summed E-state index contributed by atoms with van der Waals surface area (Å²) in [5, 5.41) is 3.50. The molecule has 132 valence electrons. The van der Waals surface area contributed by atoms with Gasteiger partial charge < -0.3 is 5.32 Å². The van der Waals surface area contributed by atoms with Crippen LogP contribution in [0.25, 0.3) is 23.1 Å². The molecule has 0 spiro atoms. The molecule has 2 aromatic heterocycles. The summed E-state index contributed by atoms with van der Waals surface area (Å²) in [6.45, 7) is 0. The van der Waals surface area contributed by atoms with Crippen LogP contribution in [0.4, 0.5) is 5.69 Å². The molecule has 0 fully saturated rings. The van der Waals surface area contributed by atoms with Crippen LogP contribution in [-0.2, 0) is 4.79 Å². The minimum Gasteiger partial charge on any atom is -0.323 e. The van der Waals surface area contributed by atoms with Gasteiger partial charge in [-0.1, -0.05) is 35.9 Å². The smallest absolute Gasteiger partial charge is 0.248 e. The first-order chi connectivity index (χ1) is 13.2. The number of rotatable bonds is 4. The topological polar surface area (TPSA) is 59.3 Å². The fraction of sp³-hybridized carbons (Fsp3) is 0. The Morgan fingerprint density at radius 3 is 2.59 bits per heavy atom. The summed E-state index contributed by atoms with van der Waals surface area (Å²) < 4.78 is 1.87. The van der Waals surface area contributed by atoms with Gasteiger partial charge >= 0.3 is 0 Å². The van der Waals surface area contributed by atoms with Crippen LogP contribution in [0.5, 0.6) is 0 Å². The Balaban J connectivity index is 1.44. The summed E-state index contributed by atoms with van der Waals surface area (Å²) in [6, 6.07) is 16.7. The van der Waals surface area contributed by atoms with E-state index in [1.54, 1.807) is 24.4 Å². The van der Waals surface area contributed by atoms with E-state index in [2.05, 4.69) is 15.3 Å². The van der Waals surface area contributed by atoms with Crippen molar-refractivity contribution in [3.05, 3.63) is 89.8 Å². The normalized spacial score (nSPS) is 11.1. The number of imidazole rings is 1. The van der Waals surface area contributed by atoms with Gasteiger partial charge in [0.1, 0.15) is 0 Å². The quantitative estimate of drug-likeness (QED) is 0.526. The number of hydrogen-bond acceptors (Lipinski definition) is 3. The molecule has 27 heavy (non-hydrogen) atoms. The fourth-order valence-corrected chi connectivity index (χ4v) is 2.75. The zero-order valence-corrected chi connectivity index (χ0v) is 15.0. The number of benzene rings is 2. The standard InChI is InChI=1S/C21H15ClN4O/c22-17-7-2-15(3-8-17)4-11-20(27)24-18-9-5-16(6-10-18)19-14-26-13-1-12-23-21(26)25-19/h1-14H,(H,24,27). The molecule has 0 aliphatic heterocycles. The lowest BCUT2D eigenvalue weighted by Crippen LogP contribution is -2.07. The van der Waals surface area contributed by atoms with Crippen LogP contribution in [-0.4, -0.2) is 20.3 Å². The van der Waals surface area contributed by atoms with Crippen LogP contribution in [0.1, 0.15) is 5.56 Å². The second-order valence-electron chi connectivity index (χ2n) is 5.90. The van der Waals surface area contributed by atoms with Crippen LogP contribution in [0.2, 0.25) is 5.02 Å². The van der Waals surface area contributed by atoms with Crippen LogP contribution < -0.4 is 5.32 Å². The SMILES string of the molecule is O=C(C=Cc1ccc(Cl)cc1)Nc1ccc(-c2cn3cccnc3n2)cc1. The van der Waals surface area contributed by atoms with Gasteiger partial charge in [0.15, 0.2) is 0 Å². The summed E-state index contributed by atoms with van der Waals surface area (Å²) in [4.78, 5) is 20.8. The van der Waals surface area contributed by atoms with E-state index in [9.17, 15) is 4.79 Å². The number of nitrogens with zero attached hydrogens (tertiary/aromatic N) is 3. The third-order valence-electron chi connectivity index (χ3n) is 3.98. The maximum atomic E-state index is 12.1. The molecular weight excluding hydrogens is 360 g/mol. The van der Waals surface area contributed by atoms with E-state index in [1.165, 1.54) is 6.08 Å². The molecule has 0 aliphatic carbocycles. The number of aromatic nitrogens is 3. The molecule has 0 unspecified atom stereocenters. The number of amides is 1. The molecule has 0 saturated heterocycles. The number of hydrogen-bond donors (Lipinski definition) is 1. The van der Waals surface area contributed by atoms with Gasteiger partial charge in [-0.2, -0.15) is 0 Å². The van der Waals surface area contributed by atoms with Gasteiger partial charge in [-0.25, -0.2) is 9.97 Å². The highest BCUT2D eigenvalue weighted by molar-refractivity contribution is 6.30. The van der Waals surface area contributed by atoms with Crippen molar-refractivity contribution in [1.82, 2.24) is 14.4 Å². The van der Waals surface area contributed by atoms with E-state index in [0.717, 1.165) is 16.8 Å². The van der Waals surface area contributed by atoms with E-state index in [0.29, 0.717) is 16.5 Å². The lowest BCUT2D eigenvalue weighted by Gasteiger charge is -2.03. The Hall–Kier alpha value is -3.44. The zero-order valence-electron chi connectivity index (χ0n) is 14.2. The molecule has 1 N–H and O–H groups in total. The average Bonchev–Trinajstić information content (AvgIpc) is 3.12. The highest BCUT2D eigenvalue weighted by Crippen LogP contribution is 2.21. The number of anilines is 1. The van der Waals surface area contributed by atoms with Crippen LogP contribution in [0, 0.1) is 0 Å². The molecule has 0 bridgehead atoms. The Labute approximate surface area is 161 Å². The molecule has 2 heterocycles. The maximum absolute atomic E-state index is 12.1. The summed E-state index contributed by atoms with van der Waals surface area (Å²) >= 11 is 5.85. The number of carbonyl (C=O) groups excluding carboxylic acids is 1. The third kappa shape index (κ3) is 4.04. The number of halogens is 1. The fourth-order valence-electron chi connectivity index (χ4n) is 2.62. The molecule has 6 heteroatoms. The predicted molar refractivity (Wildman–Crippen MR) is 108 cm³/mol. The van der Waals surface area contributed by atoms with Gasteiger partial charge in [0.25, 0.3) is 0 Å². The van der Waals surface area contributed by atoms with Crippen LogP contribution in [0.15, 0.2) is 79.3 Å². The van der Waals surface area contributed by atoms with Crippen molar-refractivity contribution in [3.63, 3.8) is 0 Å². The van der Waals surface area contributed by atoms with E-state index < -0.39 is 0 Å². The average molecular weight is 375 g/mol.